The molecule has 7 nitrogen and oxygen atoms in total. The topological polar surface area (TPSA) is 77.1 Å². The molecule has 114 valence electrons. The molecule has 0 aliphatic rings. The van der Waals surface area contributed by atoms with Gasteiger partial charge in [-0.15, -0.1) is 0 Å². The van der Waals surface area contributed by atoms with Gasteiger partial charge in [-0.3, -0.25) is 9.48 Å². The van der Waals surface area contributed by atoms with E-state index in [-0.39, 0.29) is 5.91 Å². The van der Waals surface area contributed by atoms with E-state index in [2.05, 4.69) is 20.5 Å². The molecular formula is C15H18N6O. The number of rotatable bonds is 5. The molecule has 1 N–H and O–H groups in total. The Hall–Kier alpha value is -2.70. The summed E-state index contributed by atoms with van der Waals surface area (Å²) in [5, 5.41) is 11.3. The Morgan fingerprint density at radius 1 is 1.32 bits per heavy atom. The molecule has 0 radical (unpaired) electrons. The smallest absolute Gasteiger partial charge is 0.256 e. The number of amides is 1. The minimum atomic E-state index is -0.145. The number of nitrogens with zero attached hydrogens (tertiary/aromatic N) is 5. The molecule has 0 bridgehead atoms. The normalized spacial score (nSPS) is 11.0. The molecule has 0 aliphatic heterocycles. The molecule has 3 heterocycles. The zero-order valence-electron chi connectivity index (χ0n) is 12.7. The Morgan fingerprint density at radius 2 is 2.18 bits per heavy atom. The predicted molar refractivity (Wildman–Crippen MR) is 81.6 cm³/mol. The third-order valence-corrected chi connectivity index (χ3v) is 3.43. The van der Waals surface area contributed by atoms with Crippen LogP contribution in [0.1, 0.15) is 28.2 Å². The van der Waals surface area contributed by atoms with Crippen LogP contribution in [0.4, 0.5) is 0 Å². The van der Waals surface area contributed by atoms with E-state index in [1.807, 2.05) is 36.9 Å². The number of carbonyl (C=O) groups excluding carboxylic acids is 1. The second kappa shape index (κ2) is 5.97. The monoisotopic (exact) mass is 298 g/mol. The van der Waals surface area contributed by atoms with Gasteiger partial charge in [-0.05, 0) is 32.4 Å². The third-order valence-electron chi connectivity index (χ3n) is 3.43. The number of hydrogen-bond donors (Lipinski definition) is 1. The minimum Gasteiger partial charge on any atom is -0.352 e. The highest BCUT2D eigenvalue weighted by Gasteiger charge is 2.14. The highest BCUT2D eigenvalue weighted by molar-refractivity contribution is 5.99. The fraction of sp³-hybridized carbons (Fsp3) is 0.333. The van der Waals surface area contributed by atoms with E-state index >= 15 is 0 Å². The van der Waals surface area contributed by atoms with Gasteiger partial charge in [0, 0.05) is 36.9 Å². The fourth-order valence-electron chi connectivity index (χ4n) is 2.40. The Kier molecular flexibility index (Phi) is 3.86. The van der Waals surface area contributed by atoms with Crippen LogP contribution in [0.15, 0.2) is 30.7 Å². The van der Waals surface area contributed by atoms with Gasteiger partial charge in [-0.2, -0.15) is 10.2 Å². The number of aromatic nitrogens is 5. The molecule has 0 fully saturated rings. The third kappa shape index (κ3) is 2.83. The maximum Gasteiger partial charge on any atom is 0.256 e. The molecule has 3 aromatic heterocycles. The summed E-state index contributed by atoms with van der Waals surface area (Å²) in [4.78, 5) is 16.7. The average molecular weight is 298 g/mol. The van der Waals surface area contributed by atoms with Crippen LogP contribution in [0.5, 0.6) is 0 Å². The predicted octanol–water partition coefficient (Wildman–Crippen LogP) is 1.36. The second-order valence-corrected chi connectivity index (χ2v) is 5.21. The molecular weight excluding hydrogens is 280 g/mol. The van der Waals surface area contributed by atoms with Crippen molar-refractivity contribution in [2.75, 3.05) is 6.54 Å². The molecule has 3 rings (SSSR count). The molecule has 0 aliphatic carbocycles. The lowest BCUT2D eigenvalue weighted by molar-refractivity contribution is 0.0954. The standard InChI is InChI=1S/C15H18N6O/c1-11-9-12(2)21-14(19-11)13(10-18-21)15(22)16-5-3-7-20-8-4-6-17-20/h4,6,8-10H,3,5,7H2,1-2H3,(H,16,22). The van der Waals surface area contributed by atoms with Crippen molar-refractivity contribution in [3.05, 3.63) is 47.7 Å². The fourth-order valence-corrected chi connectivity index (χ4v) is 2.40. The zero-order valence-corrected chi connectivity index (χ0v) is 12.7. The van der Waals surface area contributed by atoms with E-state index in [0.29, 0.717) is 17.8 Å². The highest BCUT2D eigenvalue weighted by atomic mass is 16.1. The van der Waals surface area contributed by atoms with Gasteiger partial charge in [0.1, 0.15) is 5.56 Å². The van der Waals surface area contributed by atoms with Gasteiger partial charge < -0.3 is 5.32 Å². The lowest BCUT2D eigenvalue weighted by Gasteiger charge is -2.05. The number of nitrogens with one attached hydrogen (secondary N) is 1. The lowest BCUT2D eigenvalue weighted by Crippen LogP contribution is -2.25. The van der Waals surface area contributed by atoms with Crippen molar-refractivity contribution in [3.63, 3.8) is 0 Å². The summed E-state index contributed by atoms with van der Waals surface area (Å²) in [6.07, 6.45) is 6.03. The van der Waals surface area contributed by atoms with Gasteiger partial charge in [0.15, 0.2) is 5.65 Å². The summed E-state index contributed by atoms with van der Waals surface area (Å²) in [6, 6.07) is 3.82. The van der Waals surface area contributed by atoms with Crippen molar-refractivity contribution < 1.29 is 4.79 Å². The van der Waals surface area contributed by atoms with Gasteiger partial charge in [0.05, 0.1) is 6.20 Å². The Balaban J connectivity index is 1.65. The van der Waals surface area contributed by atoms with Crippen LogP contribution in [0.2, 0.25) is 0 Å². The first kappa shape index (κ1) is 14.2. The minimum absolute atomic E-state index is 0.145. The molecule has 7 heteroatoms. The zero-order chi connectivity index (χ0) is 15.5. The van der Waals surface area contributed by atoms with Gasteiger partial charge in [-0.1, -0.05) is 0 Å². The Morgan fingerprint density at radius 3 is 2.95 bits per heavy atom. The van der Waals surface area contributed by atoms with E-state index in [0.717, 1.165) is 24.4 Å². The number of carbonyl (C=O) groups is 1. The van der Waals surface area contributed by atoms with Crippen molar-refractivity contribution in [2.45, 2.75) is 26.8 Å². The second-order valence-electron chi connectivity index (χ2n) is 5.21. The first-order valence-corrected chi connectivity index (χ1v) is 7.23. The quantitative estimate of drug-likeness (QED) is 0.722. The molecule has 0 unspecified atom stereocenters. The van der Waals surface area contributed by atoms with Crippen molar-refractivity contribution in [3.8, 4) is 0 Å². The first-order chi connectivity index (χ1) is 10.6. The van der Waals surface area contributed by atoms with E-state index in [4.69, 9.17) is 0 Å². The summed E-state index contributed by atoms with van der Waals surface area (Å²) in [7, 11) is 0. The lowest BCUT2D eigenvalue weighted by atomic mass is 10.3. The number of aryl methyl sites for hydroxylation is 3. The molecule has 3 aromatic rings. The molecule has 1 amide bonds. The van der Waals surface area contributed by atoms with E-state index in [9.17, 15) is 4.79 Å². The summed E-state index contributed by atoms with van der Waals surface area (Å²) in [5.74, 6) is -0.145. The van der Waals surface area contributed by atoms with Gasteiger partial charge in [0.2, 0.25) is 0 Å². The summed E-state index contributed by atoms with van der Waals surface area (Å²) in [5.41, 5.74) is 2.94. The molecule has 0 spiro atoms. The van der Waals surface area contributed by atoms with Crippen LogP contribution in [0.3, 0.4) is 0 Å². The summed E-state index contributed by atoms with van der Waals surface area (Å²) in [6.45, 7) is 5.21. The summed E-state index contributed by atoms with van der Waals surface area (Å²) >= 11 is 0. The van der Waals surface area contributed by atoms with Crippen LogP contribution >= 0.6 is 0 Å². The van der Waals surface area contributed by atoms with Crippen LogP contribution in [-0.2, 0) is 6.54 Å². The van der Waals surface area contributed by atoms with Crippen LogP contribution < -0.4 is 5.32 Å². The summed E-state index contributed by atoms with van der Waals surface area (Å²) < 4.78 is 3.53. The molecule has 0 saturated carbocycles. The Labute approximate surface area is 128 Å². The molecule has 0 saturated heterocycles. The maximum atomic E-state index is 12.3. The van der Waals surface area contributed by atoms with E-state index in [1.165, 1.54) is 0 Å². The number of hydrogen-bond acceptors (Lipinski definition) is 4. The number of fused-ring (bicyclic) bond motifs is 1. The average Bonchev–Trinajstić information content (AvgIpc) is 3.12. The Bertz CT molecular complexity index is 790. The van der Waals surface area contributed by atoms with Crippen molar-refractivity contribution in [1.29, 1.82) is 0 Å². The maximum absolute atomic E-state index is 12.3. The van der Waals surface area contributed by atoms with Gasteiger partial charge in [-0.25, -0.2) is 9.50 Å². The molecule has 22 heavy (non-hydrogen) atoms. The SMILES string of the molecule is Cc1cc(C)n2ncc(C(=O)NCCCn3cccn3)c2n1. The van der Waals surface area contributed by atoms with Gasteiger partial charge >= 0.3 is 0 Å². The van der Waals surface area contributed by atoms with E-state index in [1.54, 1.807) is 16.9 Å². The highest BCUT2D eigenvalue weighted by Crippen LogP contribution is 2.11. The van der Waals surface area contributed by atoms with E-state index < -0.39 is 0 Å². The van der Waals surface area contributed by atoms with Crippen molar-refractivity contribution in [2.24, 2.45) is 0 Å². The van der Waals surface area contributed by atoms with Gasteiger partial charge in [0.25, 0.3) is 5.91 Å². The molecule has 0 atom stereocenters. The van der Waals surface area contributed by atoms with Crippen molar-refractivity contribution >= 4 is 11.6 Å². The molecule has 0 aromatic carbocycles. The first-order valence-electron chi connectivity index (χ1n) is 7.23. The largest absolute Gasteiger partial charge is 0.352 e. The van der Waals surface area contributed by atoms with Crippen LogP contribution in [0.25, 0.3) is 5.65 Å². The van der Waals surface area contributed by atoms with Crippen molar-refractivity contribution in [1.82, 2.24) is 29.7 Å². The van der Waals surface area contributed by atoms with Crippen LogP contribution in [-0.4, -0.2) is 36.8 Å². The van der Waals surface area contributed by atoms with Crippen LogP contribution in [0, 0.1) is 13.8 Å².